The van der Waals surface area contributed by atoms with Crippen molar-refractivity contribution in [1.29, 1.82) is 0 Å². The van der Waals surface area contributed by atoms with Crippen molar-refractivity contribution >= 4 is 5.96 Å². The van der Waals surface area contributed by atoms with Gasteiger partial charge < -0.3 is 15.1 Å². The number of rotatable bonds is 6. The van der Waals surface area contributed by atoms with Crippen molar-refractivity contribution in [2.75, 3.05) is 59.4 Å². The second-order valence-corrected chi connectivity index (χ2v) is 7.98. The number of likely N-dealkylation sites (N-methyl/N-ethyl adjacent to an activating group) is 1. The van der Waals surface area contributed by atoms with Gasteiger partial charge in [0.15, 0.2) is 5.96 Å². The Morgan fingerprint density at radius 1 is 1.12 bits per heavy atom. The van der Waals surface area contributed by atoms with Gasteiger partial charge in [0.2, 0.25) is 0 Å². The van der Waals surface area contributed by atoms with Crippen molar-refractivity contribution < 1.29 is 0 Å². The molecule has 5 nitrogen and oxygen atoms in total. The molecule has 0 aliphatic carbocycles. The van der Waals surface area contributed by atoms with Crippen LogP contribution < -0.4 is 5.32 Å². The van der Waals surface area contributed by atoms with E-state index < -0.39 is 0 Å². The van der Waals surface area contributed by atoms with E-state index in [2.05, 4.69) is 52.7 Å². The predicted octanol–water partition coefficient (Wildman–Crippen LogP) is 1.96. The van der Waals surface area contributed by atoms with Gasteiger partial charge in [0, 0.05) is 58.9 Å². The summed E-state index contributed by atoms with van der Waals surface area (Å²) in [6, 6.07) is 0.565. The second kappa shape index (κ2) is 9.62. The first-order valence-corrected chi connectivity index (χ1v) is 9.95. The van der Waals surface area contributed by atoms with Gasteiger partial charge in [-0.25, -0.2) is 0 Å². The highest BCUT2D eigenvalue weighted by Gasteiger charge is 2.26. The van der Waals surface area contributed by atoms with Crippen LogP contribution in [-0.2, 0) is 0 Å². The fraction of sp³-hybridized carbons (Fsp3) is 0.947. The van der Waals surface area contributed by atoms with Crippen molar-refractivity contribution in [3.8, 4) is 0 Å². The molecular formula is C19H39N5. The molecule has 2 unspecified atom stereocenters. The molecule has 24 heavy (non-hydrogen) atoms. The van der Waals surface area contributed by atoms with E-state index in [0.29, 0.717) is 6.04 Å². The van der Waals surface area contributed by atoms with Crippen molar-refractivity contribution in [3.05, 3.63) is 0 Å². The van der Waals surface area contributed by atoms with E-state index in [1.807, 2.05) is 7.05 Å². The Labute approximate surface area is 149 Å². The molecule has 2 atom stereocenters. The van der Waals surface area contributed by atoms with Gasteiger partial charge in [-0.05, 0) is 38.1 Å². The van der Waals surface area contributed by atoms with Crippen LogP contribution in [0.2, 0.25) is 0 Å². The quantitative estimate of drug-likeness (QED) is 0.593. The number of nitrogens with zero attached hydrogens (tertiary/aromatic N) is 4. The Bertz CT molecular complexity index is 387. The molecule has 0 aromatic heterocycles. The van der Waals surface area contributed by atoms with Crippen LogP contribution in [0.4, 0.5) is 0 Å². The summed E-state index contributed by atoms with van der Waals surface area (Å²) in [5.74, 6) is 2.73. The smallest absolute Gasteiger partial charge is 0.193 e. The summed E-state index contributed by atoms with van der Waals surface area (Å²) in [6.45, 7) is 18.5. The number of hydrogen-bond donors (Lipinski definition) is 1. The van der Waals surface area contributed by atoms with Gasteiger partial charge in [-0.15, -0.1) is 0 Å². The van der Waals surface area contributed by atoms with E-state index >= 15 is 0 Å². The Morgan fingerprint density at radius 3 is 2.42 bits per heavy atom. The highest BCUT2D eigenvalue weighted by molar-refractivity contribution is 5.80. The van der Waals surface area contributed by atoms with E-state index in [9.17, 15) is 0 Å². The van der Waals surface area contributed by atoms with Crippen LogP contribution in [0, 0.1) is 11.8 Å². The normalized spacial score (nSPS) is 25.5. The summed E-state index contributed by atoms with van der Waals surface area (Å²) in [5.41, 5.74) is 0. The molecule has 0 aromatic carbocycles. The molecule has 0 amide bonds. The molecule has 2 rings (SSSR count). The Hall–Kier alpha value is -0.810. The first-order valence-electron chi connectivity index (χ1n) is 9.95. The maximum Gasteiger partial charge on any atom is 0.193 e. The lowest BCUT2D eigenvalue weighted by Crippen LogP contribution is -2.53. The number of nitrogens with one attached hydrogen (secondary N) is 1. The molecule has 5 heteroatoms. The summed E-state index contributed by atoms with van der Waals surface area (Å²) in [7, 11) is 1.92. The molecule has 2 fully saturated rings. The lowest BCUT2D eigenvalue weighted by atomic mass is 9.97. The molecule has 2 aliphatic rings. The third-order valence-electron chi connectivity index (χ3n) is 5.63. The molecule has 0 saturated carbocycles. The molecule has 0 radical (unpaired) electrons. The number of guanidine groups is 1. The molecule has 1 N–H and O–H groups in total. The summed E-state index contributed by atoms with van der Waals surface area (Å²) < 4.78 is 0. The standard InChI is InChI=1S/C19H39N5/c1-6-22-9-11-23(12-10-22)17(4)14-21-19(20-5)24-8-7-18(15-24)13-16(2)3/h16-18H,6-15H2,1-5H3,(H,20,21). The largest absolute Gasteiger partial charge is 0.355 e. The number of aliphatic imine (C=N–C) groups is 1. The van der Waals surface area contributed by atoms with Gasteiger partial charge >= 0.3 is 0 Å². The fourth-order valence-electron chi connectivity index (χ4n) is 4.10. The first-order chi connectivity index (χ1) is 11.5. The summed E-state index contributed by atoms with van der Waals surface area (Å²) in [4.78, 5) is 12.1. The number of hydrogen-bond acceptors (Lipinski definition) is 3. The van der Waals surface area contributed by atoms with E-state index in [1.165, 1.54) is 52.1 Å². The monoisotopic (exact) mass is 337 g/mol. The SMILES string of the molecule is CCN1CCN(C(C)CNC(=NC)N2CCC(CC(C)C)C2)CC1. The van der Waals surface area contributed by atoms with Gasteiger partial charge in [0.1, 0.15) is 0 Å². The van der Waals surface area contributed by atoms with Gasteiger partial charge in [-0.3, -0.25) is 9.89 Å². The molecule has 2 heterocycles. The van der Waals surface area contributed by atoms with Crippen LogP contribution in [0.25, 0.3) is 0 Å². The minimum atomic E-state index is 0.565. The van der Waals surface area contributed by atoms with Gasteiger partial charge in [0.25, 0.3) is 0 Å². The van der Waals surface area contributed by atoms with Crippen molar-refractivity contribution in [2.45, 2.75) is 46.6 Å². The molecule has 0 spiro atoms. The van der Waals surface area contributed by atoms with Crippen molar-refractivity contribution in [3.63, 3.8) is 0 Å². The van der Waals surface area contributed by atoms with E-state index in [1.54, 1.807) is 0 Å². The maximum atomic E-state index is 4.53. The highest BCUT2D eigenvalue weighted by atomic mass is 15.3. The maximum absolute atomic E-state index is 4.53. The van der Waals surface area contributed by atoms with Gasteiger partial charge in [0.05, 0.1) is 0 Å². The van der Waals surface area contributed by atoms with E-state index in [4.69, 9.17) is 0 Å². The molecule has 2 saturated heterocycles. The zero-order chi connectivity index (χ0) is 17.5. The van der Waals surface area contributed by atoms with Gasteiger partial charge in [-0.1, -0.05) is 20.8 Å². The van der Waals surface area contributed by atoms with Gasteiger partial charge in [-0.2, -0.15) is 0 Å². The average molecular weight is 338 g/mol. The van der Waals surface area contributed by atoms with Crippen LogP contribution >= 0.6 is 0 Å². The second-order valence-electron chi connectivity index (χ2n) is 7.98. The lowest BCUT2D eigenvalue weighted by molar-refractivity contribution is 0.107. The fourth-order valence-corrected chi connectivity index (χ4v) is 4.10. The zero-order valence-electron chi connectivity index (χ0n) is 16.6. The van der Waals surface area contributed by atoms with Crippen LogP contribution in [0.5, 0.6) is 0 Å². The van der Waals surface area contributed by atoms with Crippen molar-refractivity contribution in [2.24, 2.45) is 16.8 Å². The van der Waals surface area contributed by atoms with E-state index in [-0.39, 0.29) is 0 Å². The predicted molar refractivity (Wildman–Crippen MR) is 104 cm³/mol. The Kier molecular flexibility index (Phi) is 7.82. The molecular weight excluding hydrogens is 298 g/mol. The topological polar surface area (TPSA) is 34.1 Å². The Morgan fingerprint density at radius 2 is 1.83 bits per heavy atom. The minimum absolute atomic E-state index is 0.565. The van der Waals surface area contributed by atoms with Crippen LogP contribution in [0.1, 0.15) is 40.5 Å². The lowest BCUT2D eigenvalue weighted by Gasteiger charge is -2.38. The first kappa shape index (κ1) is 19.5. The number of piperazine rings is 1. The summed E-state index contributed by atoms with van der Waals surface area (Å²) in [6.07, 6.45) is 2.65. The third kappa shape index (κ3) is 5.62. The van der Waals surface area contributed by atoms with E-state index in [0.717, 1.165) is 30.9 Å². The molecule has 0 bridgehead atoms. The Balaban J connectivity index is 1.74. The average Bonchev–Trinajstić information content (AvgIpc) is 3.03. The van der Waals surface area contributed by atoms with Crippen molar-refractivity contribution in [1.82, 2.24) is 20.0 Å². The molecule has 2 aliphatic heterocycles. The van der Waals surface area contributed by atoms with Crippen LogP contribution in [0.15, 0.2) is 4.99 Å². The highest BCUT2D eigenvalue weighted by Crippen LogP contribution is 2.23. The number of likely N-dealkylation sites (tertiary alicyclic amines) is 1. The molecule has 0 aromatic rings. The molecule has 140 valence electrons. The third-order valence-corrected chi connectivity index (χ3v) is 5.63. The van der Waals surface area contributed by atoms with Crippen LogP contribution in [0.3, 0.4) is 0 Å². The zero-order valence-corrected chi connectivity index (χ0v) is 16.6. The summed E-state index contributed by atoms with van der Waals surface area (Å²) >= 11 is 0. The van der Waals surface area contributed by atoms with Crippen LogP contribution in [-0.4, -0.2) is 86.1 Å². The minimum Gasteiger partial charge on any atom is -0.355 e. The summed E-state index contributed by atoms with van der Waals surface area (Å²) in [5, 5.41) is 3.63.